The average Bonchev–Trinajstić information content (AvgIpc) is 2.59. The number of nitrogens with one attached hydrogen (secondary N) is 1. The minimum atomic E-state index is -0.504. The third kappa shape index (κ3) is 9.52. The number of ether oxygens (including phenoxy) is 3. The van der Waals surface area contributed by atoms with Gasteiger partial charge in [0.1, 0.15) is 11.7 Å². The lowest BCUT2D eigenvalue weighted by atomic mass is 10.1. The Morgan fingerprint density at radius 3 is 2.63 bits per heavy atom. The Kier molecular flexibility index (Phi) is 10.0. The lowest BCUT2D eigenvalue weighted by Crippen LogP contribution is -2.33. The van der Waals surface area contributed by atoms with Gasteiger partial charge in [-0.15, -0.1) is 0 Å². The summed E-state index contributed by atoms with van der Waals surface area (Å²) < 4.78 is 17.0. The van der Waals surface area contributed by atoms with Crippen LogP contribution in [0.2, 0.25) is 0 Å². The van der Waals surface area contributed by atoms with E-state index in [0.29, 0.717) is 31.1 Å². The van der Waals surface area contributed by atoms with Crippen LogP contribution in [0.25, 0.3) is 0 Å². The topological polar surface area (TPSA) is 77.0 Å². The second-order valence-electron chi connectivity index (χ2n) is 7.59. The lowest BCUT2D eigenvalue weighted by molar-refractivity contribution is 0.0527. The number of carbonyl (C=O) groups is 1. The molecule has 27 heavy (non-hydrogen) atoms. The predicted molar refractivity (Wildman–Crippen MR) is 107 cm³/mol. The maximum absolute atomic E-state index is 11.7. The van der Waals surface area contributed by atoms with Gasteiger partial charge >= 0.3 is 6.09 Å². The highest BCUT2D eigenvalue weighted by Gasteiger charge is 2.16. The van der Waals surface area contributed by atoms with Crippen molar-refractivity contribution in [2.75, 3.05) is 19.8 Å². The van der Waals surface area contributed by atoms with Gasteiger partial charge in [-0.1, -0.05) is 25.5 Å². The fraction of sp³-hybridized carbons (Fsp3) is 0.667. The van der Waals surface area contributed by atoms with E-state index < -0.39 is 11.7 Å². The van der Waals surface area contributed by atoms with Gasteiger partial charge in [0.05, 0.1) is 13.2 Å². The number of para-hydroxylation sites is 1. The minimum Gasteiger partial charge on any atom is -0.490 e. The van der Waals surface area contributed by atoms with Crippen LogP contribution in [0.1, 0.15) is 59.4 Å². The third-order valence-electron chi connectivity index (χ3n) is 3.68. The Morgan fingerprint density at radius 1 is 1.26 bits per heavy atom. The van der Waals surface area contributed by atoms with Crippen molar-refractivity contribution in [3.8, 4) is 11.5 Å². The van der Waals surface area contributed by atoms with Crippen LogP contribution in [0.4, 0.5) is 4.79 Å². The highest BCUT2D eigenvalue weighted by atomic mass is 16.6. The smallest absolute Gasteiger partial charge is 0.407 e. The van der Waals surface area contributed by atoms with E-state index in [4.69, 9.17) is 14.2 Å². The number of hydrogen-bond acceptors (Lipinski definition) is 5. The first-order valence-corrected chi connectivity index (χ1v) is 9.76. The molecule has 0 unspecified atom stereocenters. The number of carbonyl (C=O) groups excluding carboxylic acids is 1. The normalized spacial score (nSPS) is 12.4. The highest BCUT2D eigenvalue weighted by Crippen LogP contribution is 2.33. The predicted octanol–water partition coefficient (Wildman–Crippen LogP) is 4.08. The number of aliphatic hydroxyl groups is 1. The molecule has 6 heteroatoms. The van der Waals surface area contributed by atoms with Gasteiger partial charge in [0.15, 0.2) is 11.5 Å². The van der Waals surface area contributed by atoms with Crippen LogP contribution in [-0.2, 0) is 11.2 Å². The van der Waals surface area contributed by atoms with Gasteiger partial charge in [-0.3, -0.25) is 0 Å². The Morgan fingerprint density at radius 2 is 2.00 bits per heavy atom. The van der Waals surface area contributed by atoms with Crippen LogP contribution >= 0.6 is 0 Å². The van der Waals surface area contributed by atoms with Gasteiger partial charge in [-0.25, -0.2) is 4.79 Å². The average molecular weight is 382 g/mol. The SMILES string of the molecule is CCCCOc1cccc(CCCNC(=O)OC(C)(C)C)c1O[C@H](C)CO. The third-order valence-corrected chi connectivity index (χ3v) is 3.68. The monoisotopic (exact) mass is 381 g/mol. The van der Waals surface area contributed by atoms with E-state index in [9.17, 15) is 9.90 Å². The van der Waals surface area contributed by atoms with E-state index in [1.165, 1.54) is 0 Å². The zero-order chi connectivity index (χ0) is 20.3. The number of benzene rings is 1. The lowest BCUT2D eigenvalue weighted by Gasteiger charge is -2.20. The van der Waals surface area contributed by atoms with Gasteiger partial charge < -0.3 is 24.6 Å². The summed E-state index contributed by atoms with van der Waals surface area (Å²) in [6, 6.07) is 5.81. The van der Waals surface area contributed by atoms with E-state index in [2.05, 4.69) is 12.2 Å². The number of aryl methyl sites for hydroxylation is 1. The van der Waals surface area contributed by atoms with Crippen LogP contribution < -0.4 is 14.8 Å². The second-order valence-corrected chi connectivity index (χ2v) is 7.59. The quantitative estimate of drug-likeness (QED) is 0.565. The standard InChI is InChI=1S/C21H35NO5/c1-6-7-14-25-18-12-8-10-17(19(18)26-16(2)15-23)11-9-13-22-20(24)27-21(3,4)5/h8,10,12,16,23H,6-7,9,11,13-15H2,1-5H3,(H,22,24)/t16-/m1/s1. The first-order valence-electron chi connectivity index (χ1n) is 9.76. The van der Waals surface area contributed by atoms with Crippen molar-refractivity contribution in [1.82, 2.24) is 5.32 Å². The van der Waals surface area contributed by atoms with E-state index in [1.807, 2.05) is 45.9 Å². The number of alkyl carbamates (subject to hydrolysis) is 1. The molecule has 0 aromatic heterocycles. The Labute approximate surface area is 163 Å². The Hall–Kier alpha value is -1.95. The molecule has 1 amide bonds. The molecule has 6 nitrogen and oxygen atoms in total. The molecule has 0 saturated heterocycles. The van der Waals surface area contributed by atoms with E-state index in [-0.39, 0.29) is 12.7 Å². The molecule has 154 valence electrons. The fourth-order valence-electron chi connectivity index (χ4n) is 2.35. The van der Waals surface area contributed by atoms with Gasteiger partial charge in [-0.2, -0.15) is 0 Å². The maximum atomic E-state index is 11.7. The summed E-state index contributed by atoms with van der Waals surface area (Å²) in [7, 11) is 0. The molecule has 0 bridgehead atoms. The molecule has 1 aromatic rings. The minimum absolute atomic E-state index is 0.0665. The molecule has 0 fully saturated rings. The van der Waals surface area contributed by atoms with Crippen molar-refractivity contribution >= 4 is 6.09 Å². The highest BCUT2D eigenvalue weighted by molar-refractivity contribution is 5.67. The van der Waals surface area contributed by atoms with Gasteiger partial charge in [0.25, 0.3) is 0 Å². The van der Waals surface area contributed by atoms with Gasteiger partial charge in [-0.05, 0) is 58.6 Å². The van der Waals surface area contributed by atoms with Crippen LogP contribution in [0.15, 0.2) is 18.2 Å². The molecule has 0 heterocycles. The summed E-state index contributed by atoms with van der Waals surface area (Å²) in [5, 5.41) is 12.1. The summed E-state index contributed by atoms with van der Waals surface area (Å²) in [6.07, 6.45) is 2.75. The summed E-state index contributed by atoms with van der Waals surface area (Å²) in [4.78, 5) is 11.7. The zero-order valence-electron chi connectivity index (χ0n) is 17.3. The maximum Gasteiger partial charge on any atom is 0.407 e. The molecule has 0 aliphatic rings. The molecule has 1 rings (SSSR count). The van der Waals surface area contributed by atoms with Crippen LogP contribution in [-0.4, -0.2) is 42.7 Å². The number of aliphatic hydroxyl groups excluding tert-OH is 1. The van der Waals surface area contributed by atoms with Gasteiger partial charge in [0.2, 0.25) is 0 Å². The van der Waals surface area contributed by atoms with Crippen molar-refractivity contribution in [2.45, 2.75) is 72.0 Å². The summed E-state index contributed by atoms with van der Waals surface area (Å²) in [6.45, 7) is 10.5. The molecule has 0 saturated carbocycles. The molecule has 2 N–H and O–H groups in total. The summed E-state index contributed by atoms with van der Waals surface area (Å²) >= 11 is 0. The molecular formula is C21H35NO5. The molecule has 0 spiro atoms. The number of rotatable bonds is 11. The number of unbranched alkanes of at least 4 members (excludes halogenated alkanes) is 1. The largest absolute Gasteiger partial charge is 0.490 e. The van der Waals surface area contributed by atoms with Crippen molar-refractivity contribution in [2.24, 2.45) is 0 Å². The summed E-state index contributed by atoms with van der Waals surface area (Å²) in [5.74, 6) is 1.37. The molecule has 0 radical (unpaired) electrons. The number of hydrogen-bond donors (Lipinski definition) is 2. The molecule has 1 atom stereocenters. The second kappa shape index (κ2) is 11.7. The van der Waals surface area contributed by atoms with Crippen molar-refractivity contribution in [3.05, 3.63) is 23.8 Å². The zero-order valence-corrected chi connectivity index (χ0v) is 17.3. The van der Waals surface area contributed by atoms with Crippen LogP contribution in [0.5, 0.6) is 11.5 Å². The molecule has 0 aliphatic carbocycles. The van der Waals surface area contributed by atoms with Crippen molar-refractivity contribution in [3.63, 3.8) is 0 Å². The van der Waals surface area contributed by atoms with Crippen molar-refractivity contribution in [1.29, 1.82) is 0 Å². The molecule has 0 aliphatic heterocycles. The van der Waals surface area contributed by atoms with E-state index in [1.54, 1.807) is 0 Å². The first kappa shape index (κ1) is 23.1. The molecular weight excluding hydrogens is 346 g/mol. The Bertz CT molecular complexity index is 568. The summed E-state index contributed by atoms with van der Waals surface area (Å²) in [5.41, 5.74) is 0.491. The van der Waals surface area contributed by atoms with E-state index >= 15 is 0 Å². The van der Waals surface area contributed by atoms with Crippen LogP contribution in [0.3, 0.4) is 0 Å². The molecule has 1 aromatic carbocycles. The number of amides is 1. The first-order chi connectivity index (χ1) is 12.8. The van der Waals surface area contributed by atoms with Gasteiger partial charge in [0, 0.05) is 6.54 Å². The van der Waals surface area contributed by atoms with Crippen LogP contribution in [0, 0.1) is 0 Å². The van der Waals surface area contributed by atoms with Crippen molar-refractivity contribution < 1.29 is 24.1 Å². The fourth-order valence-corrected chi connectivity index (χ4v) is 2.35. The Balaban J connectivity index is 2.68. The van der Waals surface area contributed by atoms with E-state index in [0.717, 1.165) is 24.8 Å².